The van der Waals surface area contributed by atoms with E-state index in [0.29, 0.717) is 41.0 Å². The summed E-state index contributed by atoms with van der Waals surface area (Å²) in [6.07, 6.45) is 0.873. The van der Waals surface area contributed by atoms with Gasteiger partial charge in [0.15, 0.2) is 5.78 Å². The van der Waals surface area contributed by atoms with Crippen molar-refractivity contribution in [2.75, 3.05) is 14.2 Å². The minimum Gasteiger partial charge on any atom is -0.496 e. The average Bonchev–Trinajstić information content (AvgIpc) is 2.77. The molecular weight excluding hydrogens is 410 g/mol. The molecule has 1 N–H and O–H groups in total. The Bertz CT molecular complexity index is 992. The van der Waals surface area contributed by atoms with E-state index in [2.05, 4.69) is 5.32 Å². The Labute approximate surface area is 188 Å². The standard InChI is InChI=1S/C25H31NO6/c1-7-14(3)32-25(29)20-15(4)26-17-12-13(2)19(24(28)31-6)23(27)22(17)21(20)16-10-8-9-11-18(16)30-5/h8-11,13-14,19,21,26H,7,12H2,1-6H3/t13-,14-,19-,21-/m1/s1. The molecule has 0 saturated heterocycles. The maximum atomic E-state index is 13.7. The number of hydrogen-bond acceptors (Lipinski definition) is 7. The van der Waals surface area contributed by atoms with Crippen molar-refractivity contribution in [2.45, 2.75) is 52.6 Å². The number of esters is 2. The minimum atomic E-state index is -0.928. The summed E-state index contributed by atoms with van der Waals surface area (Å²) in [5.41, 5.74) is 2.76. The molecule has 0 bridgehead atoms. The first-order valence-corrected chi connectivity index (χ1v) is 10.9. The molecule has 1 heterocycles. The van der Waals surface area contributed by atoms with Crippen molar-refractivity contribution in [1.82, 2.24) is 5.32 Å². The van der Waals surface area contributed by atoms with Crippen LogP contribution >= 0.6 is 0 Å². The summed E-state index contributed by atoms with van der Waals surface area (Å²) in [4.78, 5) is 39.5. The topological polar surface area (TPSA) is 90.9 Å². The van der Waals surface area contributed by atoms with Gasteiger partial charge in [0.1, 0.15) is 11.7 Å². The Hall–Kier alpha value is -3.09. The first-order valence-electron chi connectivity index (χ1n) is 10.9. The van der Waals surface area contributed by atoms with Crippen LogP contribution in [0.4, 0.5) is 0 Å². The monoisotopic (exact) mass is 441 g/mol. The number of rotatable bonds is 6. The maximum absolute atomic E-state index is 13.7. The van der Waals surface area contributed by atoms with Crippen molar-refractivity contribution in [3.8, 4) is 5.75 Å². The van der Waals surface area contributed by atoms with Gasteiger partial charge in [-0.05, 0) is 38.7 Å². The molecule has 0 saturated carbocycles. The third-order valence-corrected chi connectivity index (χ3v) is 6.30. The molecule has 7 nitrogen and oxygen atoms in total. The molecule has 4 atom stereocenters. The molecule has 1 aromatic carbocycles. The molecule has 2 aliphatic rings. The molecule has 0 amide bonds. The van der Waals surface area contributed by atoms with Crippen LogP contribution in [0.3, 0.4) is 0 Å². The highest BCUT2D eigenvalue weighted by atomic mass is 16.5. The molecule has 1 aliphatic heterocycles. The summed E-state index contributed by atoms with van der Waals surface area (Å²) in [7, 11) is 2.83. The predicted octanol–water partition coefficient (Wildman–Crippen LogP) is 3.65. The Morgan fingerprint density at radius 3 is 2.53 bits per heavy atom. The van der Waals surface area contributed by atoms with E-state index in [0.717, 1.165) is 5.70 Å². The second-order valence-electron chi connectivity index (χ2n) is 8.40. The van der Waals surface area contributed by atoms with E-state index in [-0.39, 0.29) is 17.8 Å². The molecule has 1 aliphatic carbocycles. The zero-order chi connectivity index (χ0) is 23.6. The maximum Gasteiger partial charge on any atom is 0.337 e. The molecule has 172 valence electrons. The number of carbonyl (C=O) groups excluding carboxylic acids is 3. The summed E-state index contributed by atoms with van der Waals surface area (Å²) >= 11 is 0. The second kappa shape index (κ2) is 9.59. The quantitative estimate of drug-likeness (QED) is 0.532. The van der Waals surface area contributed by atoms with Gasteiger partial charge in [-0.3, -0.25) is 9.59 Å². The van der Waals surface area contributed by atoms with Crippen LogP contribution in [0, 0.1) is 11.8 Å². The smallest absolute Gasteiger partial charge is 0.337 e. The zero-order valence-corrected chi connectivity index (χ0v) is 19.5. The number of hydrogen-bond donors (Lipinski definition) is 1. The molecule has 0 aromatic heterocycles. The average molecular weight is 442 g/mol. The van der Waals surface area contributed by atoms with E-state index >= 15 is 0 Å². The molecule has 3 rings (SSSR count). The Kier molecular flexibility index (Phi) is 7.06. The Balaban J connectivity index is 2.21. The minimum absolute atomic E-state index is 0.235. The van der Waals surface area contributed by atoms with Gasteiger partial charge in [0, 0.05) is 22.5 Å². The van der Waals surface area contributed by atoms with Gasteiger partial charge in [0.05, 0.1) is 31.8 Å². The van der Waals surface area contributed by atoms with Crippen LogP contribution in [-0.2, 0) is 23.9 Å². The molecule has 0 radical (unpaired) electrons. The van der Waals surface area contributed by atoms with Crippen molar-refractivity contribution in [3.05, 3.63) is 52.4 Å². The Morgan fingerprint density at radius 1 is 1.22 bits per heavy atom. The molecule has 0 unspecified atom stereocenters. The predicted molar refractivity (Wildman–Crippen MR) is 119 cm³/mol. The van der Waals surface area contributed by atoms with Gasteiger partial charge in [-0.2, -0.15) is 0 Å². The number of allylic oxidation sites excluding steroid dienone is 3. The van der Waals surface area contributed by atoms with E-state index in [1.807, 2.05) is 39.0 Å². The fourth-order valence-corrected chi connectivity index (χ4v) is 4.50. The largest absolute Gasteiger partial charge is 0.496 e. The number of ketones is 1. The lowest BCUT2D eigenvalue weighted by atomic mass is 9.69. The van der Waals surface area contributed by atoms with Crippen LogP contribution in [0.15, 0.2) is 46.8 Å². The first kappa shape index (κ1) is 23.6. The van der Waals surface area contributed by atoms with Gasteiger partial charge in [-0.1, -0.05) is 32.0 Å². The summed E-state index contributed by atoms with van der Waals surface area (Å²) < 4.78 is 16.2. The summed E-state index contributed by atoms with van der Waals surface area (Å²) in [5, 5.41) is 3.26. The lowest BCUT2D eigenvalue weighted by Crippen LogP contribution is -2.43. The lowest BCUT2D eigenvalue weighted by molar-refractivity contribution is -0.151. The first-order chi connectivity index (χ1) is 15.2. The molecule has 1 aromatic rings. The summed E-state index contributed by atoms with van der Waals surface area (Å²) in [6.45, 7) is 7.42. The zero-order valence-electron chi connectivity index (χ0n) is 19.5. The van der Waals surface area contributed by atoms with Crippen LogP contribution in [-0.4, -0.2) is 38.0 Å². The highest BCUT2D eigenvalue weighted by Gasteiger charge is 2.47. The van der Waals surface area contributed by atoms with Crippen LogP contribution in [0.25, 0.3) is 0 Å². The van der Waals surface area contributed by atoms with Crippen LogP contribution in [0.1, 0.15) is 52.0 Å². The van der Waals surface area contributed by atoms with Crippen molar-refractivity contribution in [3.63, 3.8) is 0 Å². The van der Waals surface area contributed by atoms with E-state index in [1.165, 1.54) is 7.11 Å². The highest BCUT2D eigenvalue weighted by Crippen LogP contribution is 2.47. The number of nitrogens with one attached hydrogen (secondary N) is 1. The van der Waals surface area contributed by atoms with Gasteiger partial charge < -0.3 is 19.5 Å². The van der Waals surface area contributed by atoms with E-state index in [4.69, 9.17) is 14.2 Å². The molecular formula is C25H31NO6. The van der Waals surface area contributed by atoms with Gasteiger partial charge >= 0.3 is 11.9 Å². The van der Waals surface area contributed by atoms with E-state index in [1.54, 1.807) is 20.1 Å². The van der Waals surface area contributed by atoms with E-state index in [9.17, 15) is 14.4 Å². The molecule has 32 heavy (non-hydrogen) atoms. The number of dihydropyridines is 1. The van der Waals surface area contributed by atoms with Gasteiger partial charge in [-0.25, -0.2) is 4.79 Å². The third-order valence-electron chi connectivity index (χ3n) is 6.30. The fraction of sp³-hybridized carbons (Fsp3) is 0.480. The van der Waals surface area contributed by atoms with Crippen molar-refractivity contribution < 1.29 is 28.6 Å². The van der Waals surface area contributed by atoms with Gasteiger partial charge in [0.25, 0.3) is 0 Å². The summed E-state index contributed by atoms with van der Waals surface area (Å²) in [5.74, 6) is -2.73. The number of methoxy groups -OCH3 is 2. The molecule has 0 fully saturated rings. The number of Topliss-reactive ketones (excluding diaryl/α,β-unsaturated/α-hetero) is 1. The van der Waals surface area contributed by atoms with Gasteiger partial charge in [-0.15, -0.1) is 0 Å². The molecule has 7 heteroatoms. The van der Waals surface area contributed by atoms with Crippen molar-refractivity contribution in [1.29, 1.82) is 0 Å². The third kappa shape index (κ3) is 4.16. The fourth-order valence-electron chi connectivity index (χ4n) is 4.50. The number of benzene rings is 1. The summed E-state index contributed by atoms with van der Waals surface area (Å²) in [6, 6.07) is 7.29. The SMILES string of the molecule is CC[C@@H](C)OC(=O)C1=C(C)NC2=C(C(=O)[C@H](C(=O)OC)[C@H](C)C2)[C@@H]1c1ccccc1OC. The lowest BCUT2D eigenvalue weighted by Gasteiger charge is -2.38. The highest BCUT2D eigenvalue weighted by molar-refractivity contribution is 6.12. The van der Waals surface area contributed by atoms with Crippen molar-refractivity contribution in [2.24, 2.45) is 11.8 Å². The van der Waals surface area contributed by atoms with Crippen LogP contribution in [0.5, 0.6) is 5.75 Å². The number of ether oxygens (including phenoxy) is 3. The number of para-hydroxylation sites is 1. The molecule has 0 spiro atoms. The van der Waals surface area contributed by atoms with E-state index < -0.39 is 23.8 Å². The second-order valence-corrected chi connectivity index (χ2v) is 8.40. The normalized spacial score (nSPS) is 23.8. The van der Waals surface area contributed by atoms with Crippen LogP contribution < -0.4 is 10.1 Å². The van der Waals surface area contributed by atoms with Crippen LogP contribution in [0.2, 0.25) is 0 Å². The van der Waals surface area contributed by atoms with Gasteiger partial charge in [0.2, 0.25) is 0 Å². The Morgan fingerprint density at radius 2 is 1.91 bits per heavy atom. The number of carbonyl (C=O) groups is 3. The van der Waals surface area contributed by atoms with Crippen molar-refractivity contribution >= 4 is 17.7 Å².